The summed E-state index contributed by atoms with van der Waals surface area (Å²) in [5.74, 6) is 1.69. The first kappa shape index (κ1) is 62.0. The summed E-state index contributed by atoms with van der Waals surface area (Å²) in [6, 6.07) is 0. The standard InChI is InChI=1S/C34H68O2.C23H46O2/c1-4-5-6-7-8-9-10-11-12-13-16-19-22-25-28-31-34(35)36-32-29-26-23-20-17-14-15-18-21-24-27-30-33(2)3;1-21(2)19-17-15-13-11-9-7-6-8-10-12-14-16-18-20-25-22(24)23(3,4)5/h33H,4-32H2,1-3H3;21H,6-20H2,1-5H3. The summed E-state index contributed by atoms with van der Waals surface area (Å²) in [6.07, 6.45) is 56.2. The molecule has 0 N–H and O–H groups in total. The molecule has 0 bridgehead atoms. The van der Waals surface area contributed by atoms with Gasteiger partial charge in [0.2, 0.25) is 0 Å². The highest BCUT2D eigenvalue weighted by atomic mass is 16.5. The maximum atomic E-state index is 11.9. The van der Waals surface area contributed by atoms with E-state index in [1.165, 1.54) is 244 Å². The van der Waals surface area contributed by atoms with Crippen LogP contribution in [0.15, 0.2) is 0 Å². The molecular formula is C57H114O4. The second-order valence-electron chi connectivity index (χ2n) is 21.2. The highest BCUT2D eigenvalue weighted by Gasteiger charge is 2.22. The van der Waals surface area contributed by atoms with Crippen molar-refractivity contribution in [2.45, 2.75) is 325 Å². The maximum absolute atomic E-state index is 11.9. The molecule has 4 heteroatoms. The molecule has 0 amide bonds. The number of carbonyl (C=O) groups is 2. The van der Waals surface area contributed by atoms with E-state index < -0.39 is 0 Å². The first-order chi connectivity index (χ1) is 29.5. The summed E-state index contributed by atoms with van der Waals surface area (Å²) in [5, 5.41) is 0. The third-order valence-corrected chi connectivity index (χ3v) is 12.4. The van der Waals surface area contributed by atoms with Crippen LogP contribution in [0.1, 0.15) is 325 Å². The van der Waals surface area contributed by atoms with Gasteiger partial charge in [-0.1, -0.05) is 279 Å². The summed E-state index contributed by atoms with van der Waals surface area (Å²) in [5.41, 5.74) is -0.367. The normalized spacial score (nSPS) is 11.6. The van der Waals surface area contributed by atoms with E-state index >= 15 is 0 Å². The first-order valence-electron chi connectivity index (χ1n) is 27.8. The molecule has 0 fully saturated rings. The van der Waals surface area contributed by atoms with Crippen molar-refractivity contribution in [3.8, 4) is 0 Å². The van der Waals surface area contributed by atoms with Crippen LogP contribution in [-0.2, 0) is 19.1 Å². The van der Waals surface area contributed by atoms with E-state index in [4.69, 9.17) is 9.47 Å². The van der Waals surface area contributed by atoms with E-state index in [9.17, 15) is 9.59 Å². The van der Waals surface area contributed by atoms with Crippen molar-refractivity contribution in [2.24, 2.45) is 17.3 Å². The fraction of sp³-hybridized carbons (Fsp3) is 0.965. The molecule has 0 rings (SSSR count). The fourth-order valence-corrected chi connectivity index (χ4v) is 8.13. The lowest BCUT2D eigenvalue weighted by Crippen LogP contribution is -2.23. The van der Waals surface area contributed by atoms with E-state index in [0.29, 0.717) is 19.6 Å². The van der Waals surface area contributed by atoms with Gasteiger partial charge in [0.25, 0.3) is 0 Å². The van der Waals surface area contributed by atoms with Gasteiger partial charge in [0.1, 0.15) is 0 Å². The summed E-state index contributed by atoms with van der Waals surface area (Å²) in [6.45, 7) is 18.5. The molecule has 0 aliphatic heterocycles. The molecule has 0 spiro atoms. The monoisotopic (exact) mass is 863 g/mol. The summed E-state index contributed by atoms with van der Waals surface area (Å²) in [7, 11) is 0. The molecule has 0 aliphatic carbocycles. The molecule has 0 atom stereocenters. The van der Waals surface area contributed by atoms with Gasteiger partial charge >= 0.3 is 11.9 Å². The zero-order chi connectivity index (χ0) is 45.3. The van der Waals surface area contributed by atoms with E-state index in [1.54, 1.807) is 0 Å². The van der Waals surface area contributed by atoms with Crippen LogP contribution in [0.5, 0.6) is 0 Å². The van der Waals surface area contributed by atoms with Crippen molar-refractivity contribution < 1.29 is 19.1 Å². The maximum Gasteiger partial charge on any atom is 0.311 e. The third-order valence-electron chi connectivity index (χ3n) is 12.4. The van der Waals surface area contributed by atoms with Crippen molar-refractivity contribution in [3.63, 3.8) is 0 Å². The number of hydrogen-bond acceptors (Lipinski definition) is 4. The Bertz CT molecular complexity index is 858. The van der Waals surface area contributed by atoms with Gasteiger partial charge in [0.15, 0.2) is 0 Å². The minimum Gasteiger partial charge on any atom is -0.466 e. The van der Waals surface area contributed by atoms with Crippen molar-refractivity contribution in [1.82, 2.24) is 0 Å². The molecule has 0 unspecified atom stereocenters. The molecule has 0 aromatic rings. The van der Waals surface area contributed by atoms with Gasteiger partial charge < -0.3 is 9.47 Å². The molecule has 0 aliphatic rings. The number of unbranched alkanes of at least 4 members (excludes halogenated alkanes) is 36. The van der Waals surface area contributed by atoms with Crippen LogP contribution in [0.3, 0.4) is 0 Å². The highest BCUT2D eigenvalue weighted by molar-refractivity contribution is 5.75. The molecule has 366 valence electrons. The Morgan fingerprint density at radius 3 is 0.869 bits per heavy atom. The van der Waals surface area contributed by atoms with Crippen molar-refractivity contribution >= 4 is 11.9 Å². The van der Waals surface area contributed by atoms with Crippen LogP contribution in [0.25, 0.3) is 0 Å². The van der Waals surface area contributed by atoms with Crippen LogP contribution in [0.2, 0.25) is 0 Å². The third kappa shape index (κ3) is 56.9. The Balaban J connectivity index is 0. The minimum absolute atomic E-state index is 0.0260. The van der Waals surface area contributed by atoms with E-state index in [-0.39, 0.29) is 17.4 Å². The highest BCUT2D eigenvalue weighted by Crippen LogP contribution is 2.18. The van der Waals surface area contributed by atoms with Gasteiger partial charge in [-0.3, -0.25) is 9.59 Å². The van der Waals surface area contributed by atoms with Gasteiger partial charge in [-0.25, -0.2) is 0 Å². The second-order valence-corrected chi connectivity index (χ2v) is 21.2. The zero-order valence-corrected chi connectivity index (χ0v) is 43.4. The molecule has 0 aromatic carbocycles. The fourth-order valence-electron chi connectivity index (χ4n) is 8.13. The van der Waals surface area contributed by atoms with Gasteiger partial charge in [0, 0.05) is 6.42 Å². The smallest absolute Gasteiger partial charge is 0.311 e. The Hall–Kier alpha value is -1.06. The average molecular weight is 864 g/mol. The molecule has 4 nitrogen and oxygen atoms in total. The number of esters is 2. The van der Waals surface area contributed by atoms with Gasteiger partial charge in [-0.15, -0.1) is 0 Å². The second kappa shape index (κ2) is 49.9. The zero-order valence-electron chi connectivity index (χ0n) is 43.4. The molecule has 61 heavy (non-hydrogen) atoms. The minimum atomic E-state index is -0.367. The topological polar surface area (TPSA) is 52.6 Å². The van der Waals surface area contributed by atoms with Crippen molar-refractivity contribution in [1.29, 1.82) is 0 Å². The summed E-state index contributed by atoms with van der Waals surface area (Å²) in [4.78, 5) is 23.5. The molecule has 0 aromatic heterocycles. The lowest BCUT2D eigenvalue weighted by Gasteiger charge is -2.16. The number of ether oxygens (including phenoxy) is 2. The van der Waals surface area contributed by atoms with E-state index in [1.807, 2.05) is 20.8 Å². The lowest BCUT2D eigenvalue weighted by atomic mass is 9.97. The molecule has 0 heterocycles. The van der Waals surface area contributed by atoms with Crippen LogP contribution in [0.4, 0.5) is 0 Å². The SMILES string of the molecule is CC(C)CCCCCCCCCCCCCCCOC(=O)C(C)(C)C.CCCCCCCCCCCCCCCCCC(=O)OCCCCCCCCCCCCCC(C)C. The summed E-state index contributed by atoms with van der Waals surface area (Å²) < 4.78 is 10.7. The van der Waals surface area contributed by atoms with Gasteiger partial charge in [0.05, 0.1) is 18.6 Å². The Morgan fingerprint density at radius 1 is 0.344 bits per heavy atom. The van der Waals surface area contributed by atoms with Crippen molar-refractivity contribution in [2.75, 3.05) is 13.2 Å². The molecular weight excluding hydrogens is 749 g/mol. The van der Waals surface area contributed by atoms with E-state index in [0.717, 1.165) is 31.1 Å². The number of hydrogen-bond donors (Lipinski definition) is 0. The van der Waals surface area contributed by atoms with Crippen LogP contribution in [0, 0.1) is 17.3 Å². The molecule has 0 saturated carbocycles. The first-order valence-corrected chi connectivity index (χ1v) is 27.8. The predicted molar refractivity (Wildman–Crippen MR) is 271 cm³/mol. The van der Waals surface area contributed by atoms with Crippen LogP contribution >= 0.6 is 0 Å². The number of rotatable bonds is 46. The average Bonchev–Trinajstić information content (AvgIpc) is 3.21. The van der Waals surface area contributed by atoms with E-state index in [2.05, 4.69) is 34.6 Å². The van der Waals surface area contributed by atoms with Gasteiger partial charge in [-0.2, -0.15) is 0 Å². The largest absolute Gasteiger partial charge is 0.466 e. The van der Waals surface area contributed by atoms with Gasteiger partial charge in [-0.05, 0) is 51.9 Å². The number of carbonyl (C=O) groups excluding carboxylic acids is 2. The van der Waals surface area contributed by atoms with Crippen molar-refractivity contribution in [3.05, 3.63) is 0 Å². The quantitative estimate of drug-likeness (QED) is 0.0452. The molecule has 0 saturated heterocycles. The Labute approximate surface area is 385 Å². The Kier molecular flexibility index (Phi) is 50.8. The summed E-state index contributed by atoms with van der Waals surface area (Å²) >= 11 is 0. The molecule has 0 radical (unpaired) electrons. The van der Waals surface area contributed by atoms with Crippen LogP contribution in [-0.4, -0.2) is 25.2 Å². The predicted octanol–water partition coefficient (Wildman–Crippen LogP) is 19.8. The Morgan fingerprint density at radius 2 is 0.590 bits per heavy atom. The lowest BCUT2D eigenvalue weighted by molar-refractivity contribution is -0.153. The van der Waals surface area contributed by atoms with Crippen LogP contribution < -0.4 is 0 Å².